The molecule has 2 nitrogen and oxygen atoms in total. The van der Waals surface area contributed by atoms with Crippen molar-refractivity contribution in [2.75, 3.05) is 7.11 Å². The molecule has 84 valence electrons. The molecule has 0 heterocycles. The van der Waals surface area contributed by atoms with Gasteiger partial charge in [0.15, 0.2) is 0 Å². The number of benzene rings is 1. The second-order valence-corrected chi connectivity index (χ2v) is 3.39. The Morgan fingerprint density at radius 2 is 1.73 bits per heavy atom. The molecule has 0 spiro atoms. The molecule has 0 N–H and O–H groups in total. The quantitative estimate of drug-likeness (QED) is 0.700. The Hall–Kier alpha value is -0.730. The highest BCUT2D eigenvalue weighted by molar-refractivity contribution is 6.37. The van der Waals surface area contributed by atoms with Gasteiger partial charge in [0, 0.05) is 5.02 Å². The van der Waals surface area contributed by atoms with Crippen LogP contribution in [0.3, 0.4) is 0 Å². The van der Waals surface area contributed by atoms with Crippen LogP contribution in [0.15, 0.2) is 12.1 Å². The zero-order valence-electron chi connectivity index (χ0n) is 9.23. The minimum atomic E-state index is -0.454. The maximum atomic E-state index is 11.1. The molecular formula is C11H14Cl2O2. The van der Waals surface area contributed by atoms with Crippen LogP contribution in [0.1, 0.15) is 29.8 Å². The molecule has 1 aromatic rings. The zero-order chi connectivity index (χ0) is 12.0. The van der Waals surface area contributed by atoms with E-state index >= 15 is 0 Å². The Bertz CT molecular complexity index is 349. The second kappa shape index (κ2) is 6.70. The molecule has 0 saturated heterocycles. The van der Waals surface area contributed by atoms with Gasteiger partial charge in [-0.1, -0.05) is 37.0 Å². The fourth-order valence-electron chi connectivity index (χ4n) is 0.924. The van der Waals surface area contributed by atoms with E-state index in [1.165, 1.54) is 13.2 Å². The second-order valence-electron chi connectivity index (χ2n) is 2.57. The van der Waals surface area contributed by atoms with Gasteiger partial charge in [-0.2, -0.15) is 0 Å². The van der Waals surface area contributed by atoms with Gasteiger partial charge >= 0.3 is 5.97 Å². The number of esters is 1. The molecule has 0 atom stereocenters. The number of halogens is 2. The van der Waals surface area contributed by atoms with Crippen LogP contribution in [0, 0.1) is 6.92 Å². The van der Waals surface area contributed by atoms with Gasteiger partial charge in [0.05, 0.1) is 17.7 Å². The van der Waals surface area contributed by atoms with E-state index in [2.05, 4.69) is 4.74 Å². The molecule has 4 heteroatoms. The summed E-state index contributed by atoms with van der Waals surface area (Å²) < 4.78 is 4.55. The van der Waals surface area contributed by atoms with Crippen molar-refractivity contribution in [2.24, 2.45) is 0 Å². The number of carbonyl (C=O) groups is 1. The molecule has 0 fully saturated rings. The molecule has 0 aliphatic carbocycles. The third-order valence-corrected chi connectivity index (χ3v) is 2.37. The number of aryl methyl sites for hydroxylation is 1. The maximum absolute atomic E-state index is 11.1. The van der Waals surface area contributed by atoms with Crippen LogP contribution in [0.2, 0.25) is 10.0 Å². The Balaban J connectivity index is 0.000000921. The molecule has 0 aliphatic heterocycles. The van der Waals surface area contributed by atoms with Gasteiger partial charge in [0.25, 0.3) is 0 Å². The van der Waals surface area contributed by atoms with Crippen molar-refractivity contribution < 1.29 is 9.53 Å². The van der Waals surface area contributed by atoms with Gasteiger partial charge in [-0.3, -0.25) is 0 Å². The number of rotatable bonds is 1. The van der Waals surface area contributed by atoms with E-state index in [1.54, 1.807) is 13.0 Å². The van der Waals surface area contributed by atoms with Gasteiger partial charge < -0.3 is 4.74 Å². The van der Waals surface area contributed by atoms with E-state index < -0.39 is 5.97 Å². The molecule has 0 aliphatic rings. The van der Waals surface area contributed by atoms with E-state index in [4.69, 9.17) is 23.2 Å². The van der Waals surface area contributed by atoms with Crippen LogP contribution >= 0.6 is 23.2 Å². The van der Waals surface area contributed by atoms with Crippen LogP contribution in [-0.4, -0.2) is 13.1 Å². The minimum absolute atomic E-state index is 0.308. The van der Waals surface area contributed by atoms with E-state index in [9.17, 15) is 4.79 Å². The fraction of sp³-hybridized carbons (Fsp3) is 0.364. The van der Waals surface area contributed by atoms with Crippen molar-refractivity contribution in [2.45, 2.75) is 20.8 Å². The lowest BCUT2D eigenvalue weighted by atomic mass is 10.1. The first-order valence-corrected chi connectivity index (χ1v) is 5.36. The normalized spacial score (nSPS) is 8.93. The first kappa shape index (κ1) is 14.3. The number of hydrogen-bond acceptors (Lipinski definition) is 2. The lowest BCUT2D eigenvalue weighted by molar-refractivity contribution is 0.0601. The number of ether oxygens (including phenoxy) is 1. The molecule has 0 amide bonds. The Kier molecular flexibility index (Phi) is 6.37. The summed E-state index contributed by atoms with van der Waals surface area (Å²) in [5.74, 6) is -0.454. The fourth-order valence-corrected chi connectivity index (χ4v) is 1.38. The maximum Gasteiger partial charge on any atom is 0.339 e. The van der Waals surface area contributed by atoms with Crippen molar-refractivity contribution in [3.63, 3.8) is 0 Å². The molecular weight excluding hydrogens is 235 g/mol. The SMILES string of the molecule is CC.COC(=O)c1cc(C)c(Cl)cc1Cl. The van der Waals surface area contributed by atoms with E-state index in [0.717, 1.165) is 5.56 Å². The Labute approximate surface area is 100 Å². The molecule has 0 aromatic heterocycles. The summed E-state index contributed by atoms with van der Waals surface area (Å²) in [6, 6.07) is 3.14. The molecule has 1 aromatic carbocycles. The highest BCUT2D eigenvalue weighted by atomic mass is 35.5. The Morgan fingerprint density at radius 3 is 2.20 bits per heavy atom. The van der Waals surface area contributed by atoms with Crippen LogP contribution in [0.25, 0.3) is 0 Å². The molecule has 15 heavy (non-hydrogen) atoms. The average molecular weight is 249 g/mol. The molecule has 0 saturated carbocycles. The first-order valence-electron chi connectivity index (χ1n) is 4.60. The van der Waals surface area contributed by atoms with Gasteiger partial charge in [-0.25, -0.2) is 4.79 Å². The number of carbonyl (C=O) groups excluding carboxylic acids is 1. The van der Waals surface area contributed by atoms with Gasteiger partial charge in [-0.15, -0.1) is 0 Å². The Morgan fingerprint density at radius 1 is 1.20 bits per heavy atom. The van der Waals surface area contributed by atoms with Crippen LogP contribution in [0.4, 0.5) is 0 Å². The summed E-state index contributed by atoms with van der Waals surface area (Å²) in [6.45, 7) is 5.80. The minimum Gasteiger partial charge on any atom is -0.465 e. The predicted octanol–water partition coefficient (Wildman–Crippen LogP) is 4.11. The average Bonchev–Trinajstić information content (AvgIpc) is 2.25. The van der Waals surface area contributed by atoms with Gasteiger partial charge in [0.2, 0.25) is 0 Å². The topological polar surface area (TPSA) is 26.3 Å². The van der Waals surface area contributed by atoms with E-state index in [0.29, 0.717) is 15.6 Å². The number of hydrogen-bond donors (Lipinski definition) is 0. The highest BCUT2D eigenvalue weighted by Gasteiger charge is 2.12. The third kappa shape index (κ3) is 3.73. The highest BCUT2D eigenvalue weighted by Crippen LogP contribution is 2.25. The summed E-state index contributed by atoms with van der Waals surface area (Å²) in [4.78, 5) is 11.1. The number of methoxy groups -OCH3 is 1. The largest absolute Gasteiger partial charge is 0.465 e. The smallest absolute Gasteiger partial charge is 0.339 e. The van der Waals surface area contributed by atoms with Crippen LogP contribution < -0.4 is 0 Å². The summed E-state index contributed by atoms with van der Waals surface area (Å²) in [5, 5.41) is 0.847. The lowest BCUT2D eigenvalue weighted by Gasteiger charge is -2.04. The first-order chi connectivity index (χ1) is 7.06. The molecule has 0 bridgehead atoms. The van der Waals surface area contributed by atoms with Crippen LogP contribution in [0.5, 0.6) is 0 Å². The van der Waals surface area contributed by atoms with E-state index in [-0.39, 0.29) is 0 Å². The molecule has 0 radical (unpaired) electrons. The molecule has 1 rings (SSSR count). The summed E-state index contributed by atoms with van der Waals surface area (Å²) in [6.07, 6.45) is 0. The lowest BCUT2D eigenvalue weighted by Crippen LogP contribution is -2.02. The van der Waals surface area contributed by atoms with Gasteiger partial charge in [-0.05, 0) is 24.6 Å². The summed E-state index contributed by atoms with van der Waals surface area (Å²) in [7, 11) is 1.31. The van der Waals surface area contributed by atoms with Crippen molar-refractivity contribution in [3.05, 3.63) is 33.3 Å². The van der Waals surface area contributed by atoms with Gasteiger partial charge in [0.1, 0.15) is 0 Å². The van der Waals surface area contributed by atoms with Crippen molar-refractivity contribution in [1.82, 2.24) is 0 Å². The standard InChI is InChI=1S/C9H8Cl2O2.C2H6/c1-5-3-6(9(12)13-2)8(11)4-7(5)10;1-2/h3-4H,1-2H3;1-2H3. The van der Waals surface area contributed by atoms with Crippen LogP contribution in [-0.2, 0) is 4.74 Å². The van der Waals surface area contributed by atoms with Crippen molar-refractivity contribution in [1.29, 1.82) is 0 Å². The zero-order valence-corrected chi connectivity index (χ0v) is 10.7. The monoisotopic (exact) mass is 248 g/mol. The molecule has 0 unspecified atom stereocenters. The summed E-state index contributed by atoms with van der Waals surface area (Å²) in [5.41, 5.74) is 1.14. The van der Waals surface area contributed by atoms with Crippen molar-refractivity contribution in [3.8, 4) is 0 Å². The third-order valence-electron chi connectivity index (χ3n) is 1.65. The van der Waals surface area contributed by atoms with Crippen molar-refractivity contribution >= 4 is 29.2 Å². The summed E-state index contributed by atoms with van der Waals surface area (Å²) >= 11 is 11.6. The van der Waals surface area contributed by atoms with E-state index in [1.807, 2.05) is 13.8 Å². The predicted molar refractivity (Wildman–Crippen MR) is 63.9 cm³/mol.